The average Bonchev–Trinajstić information content (AvgIpc) is 2.47. The largest absolute Gasteiger partial charge is 0.390 e. The van der Waals surface area contributed by atoms with Crippen molar-refractivity contribution in [2.24, 2.45) is 11.7 Å². The van der Waals surface area contributed by atoms with E-state index in [-0.39, 0.29) is 18.5 Å². The van der Waals surface area contributed by atoms with E-state index in [2.05, 4.69) is 24.5 Å². The van der Waals surface area contributed by atoms with Crippen LogP contribution in [0.15, 0.2) is 30.3 Å². The van der Waals surface area contributed by atoms with Gasteiger partial charge in [0.15, 0.2) is 0 Å². The van der Waals surface area contributed by atoms with Crippen LogP contribution < -0.4 is 16.4 Å². The van der Waals surface area contributed by atoms with Gasteiger partial charge in [0.25, 0.3) is 0 Å². The predicted octanol–water partition coefficient (Wildman–Crippen LogP) is 0.279. The maximum absolute atomic E-state index is 11.5. The molecule has 0 aliphatic carbocycles. The van der Waals surface area contributed by atoms with Crippen molar-refractivity contribution in [3.05, 3.63) is 35.9 Å². The first-order valence-electron chi connectivity index (χ1n) is 7.45. The van der Waals surface area contributed by atoms with Crippen molar-refractivity contribution in [3.8, 4) is 0 Å². The number of aliphatic hydroxyl groups is 1. The number of aliphatic hydroxyl groups excluding tert-OH is 1. The van der Waals surface area contributed by atoms with E-state index in [0.717, 1.165) is 12.1 Å². The molecule has 1 aromatic rings. The Labute approximate surface area is 126 Å². The summed E-state index contributed by atoms with van der Waals surface area (Å²) in [6.45, 7) is 5.42. The van der Waals surface area contributed by atoms with Gasteiger partial charge < -0.3 is 21.5 Å². The number of benzene rings is 1. The van der Waals surface area contributed by atoms with E-state index in [1.54, 1.807) is 0 Å². The lowest BCUT2D eigenvalue weighted by molar-refractivity contribution is -0.121. The number of carbonyl (C=O) groups excluding carboxylic acids is 1. The number of hydrogen-bond acceptors (Lipinski definition) is 4. The summed E-state index contributed by atoms with van der Waals surface area (Å²) in [6.07, 6.45) is -0.0728. The molecule has 0 bridgehead atoms. The van der Waals surface area contributed by atoms with Gasteiger partial charge in [-0.2, -0.15) is 0 Å². The topological polar surface area (TPSA) is 87.4 Å². The zero-order chi connectivity index (χ0) is 15.7. The molecule has 0 aromatic heterocycles. The van der Waals surface area contributed by atoms with Crippen LogP contribution in [0.1, 0.15) is 19.4 Å². The van der Waals surface area contributed by atoms with Crippen LogP contribution in [-0.2, 0) is 11.2 Å². The molecule has 1 amide bonds. The van der Waals surface area contributed by atoms with Crippen molar-refractivity contribution in [2.45, 2.75) is 32.4 Å². The van der Waals surface area contributed by atoms with Gasteiger partial charge >= 0.3 is 0 Å². The lowest BCUT2D eigenvalue weighted by atomic mass is 10.0. The molecule has 1 aromatic carbocycles. The Bertz CT molecular complexity index is 409. The molecule has 5 heteroatoms. The molecule has 0 aliphatic heterocycles. The molecule has 0 radical (unpaired) electrons. The summed E-state index contributed by atoms with van der Waals surface area (Å²) < 4.78 is 0. The van der Waals surface area contributed by atoms with Gasteiger partial charge in [0.05, 0.1) is 18.7 Å². The standard InChI is InChI=1S/C16H27N3O2/c1-12(2)10-18-11-15(20)14(19-16(21)9-17)8-13-6-4-3-5-7-13/h3-7,12,14-15,18,20H,8-11,17H2,1-2H3,(H,19,21). The molecule has 0 spiro atoms. The van der Waals surface area contributed by atoms with Crippen molar-refractivity contribution in [1.29, 1.82) is 0 Å². The number of rotatable bonds is 9. The number of nitrogens with one attached hydrogen (secondary N) is 2. The Morgan fingerprint density at radius 1 is 1.24 bits per heavy atom. The third-order valence-corrected chi connectivity index (χ3v) is 3.20. The summed E-state index contributed by atoms with van der Waals surface area (Å²) in [6, 6.07) is 9.45. The van der Waals surface area contributed by atoms with Crippen molar-refractivity contribution in [2.75, 3.05) is 19.6 Å². The molecule has 2 unspecified atom stereocenters. The molecular formula is C16H27N3O2. The van der Waals surface area contributed by atoms with E-state index >= 15 is 0 Å². The fraction of sp³-hybridized carbons (Fsp3) is 0.562. The molecule has 1 rings (SSSR count). The minimum atomic E-state index is -0.653. The van der Waals surface area contributed by atoms with Gasteiger partial charge in [0, 0.05) is 6.54 Å². The number of hydrogen-bond donors (Lipinski definition) is 4. The first-order chi connectivity index (χ1) is 10.0. The van der Waals surface area contributed by atoms with Crippen LogP contribution >= 0.6 is 0 Å². The summed E-state index contributed by atoms with van der Waals surface area (Å²) in [5.74, 6) is 0.266. The Morgan fingerprint density at radius 2 is 1.90 bits per heavy atom. The Hall–Kier alpha value is -1.43. The highest BCUT2D eigenvalue weighted by Crippen LogP contribution is 2.06. The van der Waals surface area contributed by atoms with E-state index in [4.69, 9.17) is 5.73 Å². The first-order valence-corrected chi connectivity index (χ1v) is 7.45. The molecule has 0 saturated heterocycles. The number of carbonyl (C=O) groups is 1. The van der Waals surface area contributed by atoms with Crippen molar-refractivity contribution in [3.63, 3.8) is 0 Å². The predicted molar refractivity (Wildman–Crippen MR) is 84.8 cm³/mol. The second kappa shape index (κ2) is 9.50. The normalized spacial score (nSPS) is 14.0. The highest BCUT2D eigenvalue weighted by atomic mass is 16.3. The van der Waals surface area contributed by atoms with Gasteiger partial charge in [-0.25, -0.2) is 0 Å². The molecule has 118 valence electrons. The highest BCUT2D eigenvalue weighted by Gasteiger charge is 2.21. The van der Waals surface area contributed by atoms with E-state index in [1.165, 1.54) is 0 Å². The molecule has 2 atom stereocenters. The Balaban J connectivity index is 2.60. The van der Waals surface area contributed by atoms with E-state index < -0.39 is 6.10 Å². The molecule has 0 aliphatic rings. The monoisotopic (exact) mass is 293 g/mol. The highest BCUT2D eigenvalue weighted by molar-refractivity contribution is 5.78. The molecule has 0 heterocycles. The van der Waals surface area contributed by atoms with Crippen LogP contribution in [0.25, 0.3) is 0 Å². The van der Waals surface area contributed by atoms with Crippen LogP contribution in [0.2, 0.25) is 0 Å². The maximum atomic E-state index is 11.5. The fourth-order valence-electron chi connectivity index (χ4n) is 2.08. The molecular weight excluding hydrogens is 266 g/mol. The fourth-order valence-corrected chi connectivity index (χ4v) is 2.08. The van der Waals surface area contributed by atoms with Crippen molar-refractivity contribution in [1.82, 2.24) is 10.6 Å². The zero-order valence-corrected chi connectivity index (χ0v) is 12.9. The minimum absolute atomic E-state index is 0.0720. The second-order valence-corrected chi connectivity index (χ2v) is 5.69. The third-order valence-electron chi connectivity index (χ3n) is 3.20. The van der Waals surface area contributed by atoms with Crippen molar-refractivity contribution >= 4 is 5.91 Å². The molecule has 0 saturated carbocycles. The lowest BCUT2D eigenvalue weighted by Crippen LogP contribution is -2.50. The smallest absolute Gasteiger partial charge is 0.234 e. The quantitative estimate of drug-likeness (QED) is 0.527. The second-order valence-electron chi connectivity index (χ2n) is 5.69. The van der Waals surface area contributed by atoms with Gasteiger partial charge in [-0.05, 0) is 24.4 Å². The van der Waals surface area contributed by atoms with Gasteiger partial charge in [-0.1, -0.05) is 44.2 Å². The van der Waals surface area contributed by atoms with Gasteiger partial charge in [0.1, 0.15) is 0 Å². The Kier molecular flexibility index (Phi) is 7.97. The van der Waals surface area contributed by atoms with Crippen LogP contribution in [0.5, 0.6) is 0 Å². The van der Waals surface area contributed by atoms with Crippen LogP contribution in [-0.4, -0.2) is 42.8 Å². The Morgan fingerprint density at radius 3 is 2.48 bits per heavy atom. The molecule has 21 heavy (non-hydrogen) atoms. The summed E-state index contributed by atoms with van der Waals surface area (Å²) in [7, 11) is 0. The van der Waals surface area contributed by atoms with Crippen molar-refractivity contribution < 1.29 is 9.90 Å². The average molecular weight is 293 g/mol. The van der Waals surface area contributed by atoms with Gasteiger partial charge in [0.2, 0.25) is 5.91 Å². The van der Waals surface area contributed by atoms with Gasteiger partial charge in [-0.3, -0.25) is 4.79 Å². The van der Waals surface area contributed by atoms with Crippen LogP contribution in [0.4, 0.5) is 0 Å². The maximum Gasteiger partial charge on any atom is 0.234 e. The first kappa shape index (κ1) is 17.6. The van der Waals surface area contributed by atoms with E-state index in [1.807, 2.05) is 30.3 Å². The lowest BCUT2D eigenvalue weighted by Gasteiger charge is -2.25. The summed E-state index contributed by atoms with van der Waals surface area (Å²) in [5, 5.41) is 16.3. The van der Waals surface area contributed by atoms with E-state index in [0.29, 0.717) is 18.9 Å². The van der Waals surface area contributed by atoms with E-state index in [9.17, 15) is 9.90 Å². The summed E-state index contributed by atoms with van der Waals surface area (Å²) in [5.41, 5.74) is 6.42. The van der Waals surface area contributed by atoms with Crippen LogP contribution in [0, 0.1) is 5.92 Å². The SMILES string of the molecule is CC(C)CNCC(O)C(Cc1ccccc1)NC(=O)CN. The number of nitrogens with two attached hydrogens (primary N) is 1. The molecule has 5 nitrogen and oxygen atoms in total. The minimum Gasteiger partial charge on any atom is -0.390 e. The molecule has 0 fully saturated rings. The number of amides is 1. The molecule has 5 N–H and O–H groups in total. The van der Waals surface area contributed by atoms with Crippen LogP contribution in [0.3, 0.4) is 0 Å². The summed E-state index contributed by atoms with van der Waals surface area (Å²) in [4.78, 5) is 11.5. The third kappa shape index (κ3) is 7.22. The summed E-state index contributed by atoms with van der Waals surface area (Å²) >= 11 is 0. The van der Waals surface area contributed by atoms with Gasteiger partial charge in [-0.15, -0.1) is 0 Å². The zero-order valence-electron chi connectivity index (χ0n) is 12.9.